The average Bonchev–Trinajstić information content (AvgIpc) is 2.41. The van der Waals surface area contributed by atoms with Crippen LogP contribution < -0.4 is 11.1 Å². The zero-order chi connectivity index (χ0) is 13.8. The lowest BCUT2D eigenvalue weighted by molar-refractivity contribution is 0.0910. The third-order valence-corrected chi connectivity index (χ3v) is 4.10. The normalized spacial score (nSPS) is 22.8. The first-order valence-electron chi connectivity index (χ1n) is 6.78. The monoisotopic (exact) mass is 276 g/mol. The van der Waals surface area contributed by atoms with Crippen LogP contribution in [0.2, 0.25) is 0 Å². The maximum atomic E-state index is 12.2. The van der Waals surface area contributed by atoms with E-state index in [1.807, 2.05) is 0 Å². The molecule has 1 aliphatic carbocycles. The lowest BCUT2D eigenvalue weighted by Crippen LogP contribution is -2.41. The van der Waals surface area contributed by atoms with E-state index in [1.54, 1.807) is 24.3 Å². The summed E-state index contributed by atoms with van der Waals surface area (Å²) < 4.78 is 0. The smallest absolute Gasteiger partial charge is 0.251 e. The van der Waals surface area contributed by atoms with E-state index in [9.17, 15) is 4.79 Å². The minimum absolute atomic E-state index is 0.00626. The van der Waals surface area contributed by atoms with E-state index in [2.05, 4.69) is 12.2 Å². The first-order chi connectivity index (χ1) is 9.08. The topological polar surface area (TPSA) is 55.1 Å². The van der Waals surface area contributed by atoms with E-state index < -0.39 is 0 Å². The van der Waals surface area contributed by atoms with Crippen LogP contribution in [0, 0.1) is 5.92 Å². The Morgan fingerprint density at radius 2 is 1.79 bits per heavy atom. The summed E-state index contributed by atoms with van der Waals surface area (Å²) in [6.07, 6.45) is 4.76. The molecule has 0 saturated heterocycles. The lowest BCUT2D eigenvalue weighted by atomic mass is 9.86. The number of nitrogens with one attached hydrogen (secondary N) is 1. The summed E-state index contributed by atoms with van der Waals surface area (Å²) in [5.41, 5.74) is 6.99. The summed E-state index contributed by atoms with van der Waals surface area (Å²) in [5.74, 6) is 0.557. The molecular formula is C15H20N2OS. The van der Waals surface area contributed by atoms with Crippen molar-refractivity contribution in [3.63, 3.8) is 0 Å². The predicted octanol–water partition coefficient (Wildman–Crippen LogP) is 2.63. The number of carbonyl (C=O) groups excluding carboxylic acids is 1. The van der Waals surface area contributed by atoms with Gasteiger partial charge in [0.1, 0.15) is 4.99 Å². The number of rotatable bonds is 3. The van der Waals surface area contributed by atoms with Gasteiger partial charge in [-0.1, -0.05) is 44.1 Å². The Morgan fingerprint density at radius 1 is 1.21 bits per heavy atom. The number of thiocarbonyl (C=S) groups is 1. The Morgan fingerprint density at radius 3 is 2.37 bits per heavy atom. The quantitative estimate of drug-likeness (QED) is 0.834. The van der Waals surface area contributed by atoms with Crippen LogP contribution in [-0.4, -0.2) is 16.9 Å². The summed E-state index contributed by atoms with van der Waals surface area (Å²) in [6, 6.07) is 7.44. The summed E-state index contributed by atoms with van der Waals surface area (Å²) in [4.78, 5) is 12.5. The fraction of sp³-hybridized carbons (Fsp3) is 0.467. The van der Waals surface area contributed by atoms with Crippen molar-refractivity contribution < 1.29 is 4.79 Å². The van der Waals surface area contributed by atoms with Crippen LogP contribution in [0.4, 0.5) is 0 Å². The molecule has 0 unspecified atom stereocenters. The fourth-order valence-electron chi connectivity index (χ4n) is 2.57. The number of nitrogens with two attached hydrogens (primary N) is 1. The zero-order valence-corrected chi connectivity index (χ0v) is 12.0. The highest BCUT2D eigenvalue weighted by molar-refractivity contribution is 7.80. The van der Waals surface area contributed by atoms with Gasteiger partial charge in [-0.2, -0.15) is 0 Å². The van der Waals surface area contributed by atoms with Crippen LogP contribution in [0.15, 0.2) is 24.3 Å². The molecule has 1 aliphatic rings. The Bertz CT molecular complexity index is 470. The van der Waals surface area contributed by atoms with Crippen molar-refractivity contribution in [2.45, 2.75) is 38.6 Å². The molecule has 102 valence electrons. The Kier molecular flexibility index (Phi) is 4.53. The van der Waals surface area contributed by atoms with Crippen molar-refractivity contribution in [1.82, 2.24) is 5.32 Å². The highest BCUT2D eigenvalue weighted by Crippen LogP contribution is 2.24. The highest BCUT2D eigenvalue weighted by Gasteiger charge is 2.23. The van der Waals surface area contributed by atoms with Crippen molar-refractivity contribution >= 4 is 23.1 Å². The van der Waals surface area contributed by atoms with Crippen molar-refractivity contribution in [1.29, 1.82) is 0 Å². The molecule has 0 radical (unpaired) electrons. The van der Waals surface area contributed by atoms with Crippen LogP contribution >= 0.6 is 12.2 Å². The van der Waals surface area contributed by atoms with Gasteiger partial charge in [0.25, 0.3) is 5.91 Å². The summed E-state index contributed by atoms with van der Waals surface area (Å²) >= 11 is 4.89. The zero-order valence-electron chi connectivity index (χ0n) is 11.2. The molecule has 19 heavy (non-hydrogen) atoms. The predicted molar refractivity (Wildman–Crippen MR) is 81.2 cm³/mol. The minimum atomic E-state index is -0.00626. The van der Waals surface area contributed by atoms with Gasteiger partial charge in [-0.25, -0.2) is 0 Å². The molecule has 1 saturated carbocycles. The Hall–Kier alpha value is -1.42. The van der Waals surface area contributed by atoms with E-state index in [-0.39, 0.29) is 5.91 Å². The second-order valence-electron chi connectivity index (χ2n) is 5.28. The third kappa shape index (κ3) is 3.53. The molecule has 4 heteroatoms. The first-order valence-corrected chi connectivity index (χ1v) is 7.19. The Labute approximate surface area is 119 Å². The summed E-state index contributed by atoms with van der Waals surface area (Å²) in [6.45, 7) is 2.21. The number of hydrogen-bond donors (Lipinski definition) is 2. The van der Waals surface area contributed by atoms with Crippen molar-refractivity contribution in [3.8, 4) is 0 Å². The molecule has 2 atom stereocenters. The number of carbonyl (C=O) groups is 1. The first kappa shape index (κ1) is 14.0. The van der Waals surface area contributed by atoms with Gasteiger partial charge < -0.3 is 11.1 Å². The molecule has 0 heterocycles. The van der Waals surface area contributed by atoms with Crippen molar-refractivity contribution in [3.05, 3.63) is 35.4 Å². The molecule has 2 rings (SSSR count). The van der Waals surface area contributed by atoms with Crippen LogP contribution in [0.25, 0.3) is 0 Å². The fourth-order valence-corrected chi connectivity index (χ4v) is 2.70. The molecule has 0 spiro atoms. The molecule has 3 N–H and O–H groups in total. The molecular weight excluding hydrogens is 256 g/mol. The molecule has 1 aromatic rings. The SMILES string of the molecule is C[C@H]1CCCC[C@H]1NC(=O)c1ccc(C(N)=S)cc1. The van der Waals surface area contributed by atoms with E-state index in [4.69, 9.17) is 18.0 Å². The van der Waals surface area contributed by atoms with Crippen LogP contribution in [-0.2, 0) is 0 Å². The summed E-state index contributed by atoms with van der Waals surface area (Å²) in [5, 5.41) is 3.13. The van der Waals surface area contributed by atoms with Gasteiger partial charge >= 0.3 is 0 Å². The minimum Gasteiger partial charge on any atom is -0.389 e. The second kappa shape index (κ2) is 6.15. The molecule has 0 aromatic heterocycles. The molecule has 3 nitrogen and oxygen atoms in total. The van der Waals surface area contributed by atoms with E-state index in [0.717, 1.165) is 12.0 Å². The molecule has 1 aromatic carbocycles. The molecule has 0 bridgehead atoms. The van der Waals surface area contributed by atoms with Gasteiger partial charge in [0.2, 0.25) is 0 Å². The van der Waals surface area contributed by atoms with Crippen LogP contribution in [0.1, 0.15) is 48.5 Å². The number of benzene rings is 1. The van der Waals surface area contributed by atoms with Crippen LogP contribution in [0.3, 0.4) is 0 Å². The van der Waals surface area contributed by atoms with Gasteiger partial charge in [0.05, 0.1) is 0 Å². The van der Waals surface area contributed by atoms with Gasteiger partial charge in [0.15, 0.2) is 0 Å². The number of amides is 1. The number of hydrogen-bond acceptors (Lipinski definition) is 2. The van der Waals surface area contributed by atoms with Gasteiger partial charge in [-0.15, -0.1) is 0 Å². The van der Waals surface area contributed by atoms with E-state index in [1.165, 1.54) is 19.3 Å². The molecule has 1 fully saturated rings. The average molecular weight is 276 g/mol. The van der Waals surface area contributed by atoms with Crippen LogP contribution in [0.5, 0.6) is 0 Å². The van der Waals surface area contributed by atoms with E-state index >= 15 is 0 Å². The largest absolute Gasteiger partial charge is 0.389 e. The van der Waals surface area contributed by atoms with Gasteiger partial charge in [-0.3, -0.25) is 4.79 Å². The third-order valence-electron chi connectivity index (χ3n) is 3.86. The summed E-state index contributed by atoms with van der Waals surface area (Å²) in [7, 11) is 0. The maximum Gasteiger partial charge on any atom is 0.251 e. The van der Waals surface area contributed by atoms with Gasteiger partial charge in [0, 0.05) is 17.2 Å². The van der Waals surface area contributed by atoms with Crippen molar-refractivity contribution in [2.24, 2.45) is 11.7 Å². The highest BCUT2D eigenvalue weighted by atomic mass is 32.1. The maximum absolute atomic E-state index is 12.2. The molecule has 0 aliphatic heterocycles. The second-order valence-corrected chi connectivity index (χ2v) is 5.72. The standard InChI is InChI=1S/C15H20N2OS/c1-10-4-2-3-5-13(10)17-15(18)12-8-6-11(7-9-12)14(16)19/h6-10,13H,2-5H2,1H3,(H2,16,19)(H,17,18)/t10-,13+/m0/s1. The van der Waals surface area contributed by atoms with E-state index in [0.29, 0.717) is 22.5 Å². The van der Waals surface area contributed by atoms with Crippen molar-refractivity contribution in [2.75, 3.05) is 0 Å². The lowest BCUT2D eigenvalue weighted by Gasteiger charge is -2.29. The Balaban J connectivity index is 2.01. The van der Waals surface area contributed by atoms with Gasteiger partial charge in [-0.05, 0) is 30.9 Å². The molecule has 1 amide bonds.